The third-order valence-corrected chi connectivity index (χ3v) is 2.21. The number of rotatable bonds is 3. The molecular formula is C10H11ClF3NO. The highest BCUT2D eigenvalue weighted by Crippen LogP contribution is 2.33. The van der Waals surface area contributed by atoms with Gasteiger partial charge in [0.2, 0.25) is 0 Å². The van der Waals surface area contributed by atoms with Crippen molar-refractivity contribution in [3.63, 3.8) is 0 Å². The van der Waals surface area contributed by atoms with Crippen molar-refractivity contribution in [3.8, 4) is 0 Å². The Morgan fingerprint density at radius 3 is 2.56 bits per heavy atom. The number of nitrogens with one attached hydrogen (secondary N) is 1. The van der Waals surface area contributed by atoms with Crippen LogP contribution in [-0.4, -0.2) is 17.8 Å². The Bertz CT molecular complexity index is 366. The minimum absolute atomic E-state index is 0.140. The molecule has 0 amide bonds. The molecule has 0 heterocycles. The molecule has 16 heavy (non-hydrogen) atoms. The summed E-state index contributed by atoms with van der Waals surface area (Å²) >= 11 is 5.72. The maximum atomic E-state index is 12.4. The first-order chi connectivity index (χ1) is 7.30. The van der Waals surface area contributed by atoms with Crippen molar-refractivity contribution in [2.24, 2.45) is 0 Å². The van der Waals surface area contributed by atoms with E-state index in [9.17, 15) is 13.2 Å². The quantitative estimate of drug-likeness (QED) is 0.867. The van der Waals surface area contributed by atoms with Crippen LogP contribution in [0.2, 0.25) is 5.02 Å². The van der Waals surface area contributed by atoms with E-state index >= 15 is 0 Å². The van der Waals surface area contributed by atoms with Crippen LogP contribution in [-0.2, 0) is 6.18 Å². The van der Waals surface area contributed by atoms with E-state index in [0.29, 0.717) is 0 Å². The monoisotopic (exact) mass is 253 g/mol. The third kappa shape index (κ3) is 3.57. The highest BCUT2D eigenvalue weighted by atomic mass is 35.5. The first kappa shape index (κ1) is 13.1. The first-order valence-electron chi connectivity index (χ1n) is 4.59. The predicted octanol–water partition coefficient (Wildman–Crippen LogP) is 3.15. The lowest BCUT2D eigenvalue weighted by atomic mass is 10.2. The lowest BCUT2D eigenvalue weighted by molar-refractivity contribution is -0.137. The topological polar surface area (TPSA) is 32.3 Å². The largest absolute Gasteiger partial charge is 0.416 e. The maximum absolute atomic E-state index is 12.4. The fourth-order valence-electron chi connectivity index (χ4n) is 1.09. The zero-order valence-electron chi connectivity index (χ0n) is 8.48. The Hall–Kier alpha value is -0.940. The lowest BCUT2D eigenvalue weighted by Crippen LogP contribution is -2.16. The fraction of sp³-hybridized carbons (Fsp3) is 0.400. The second kappa shape index (κ2) is 4.93. The SMILES string of the molecule is C[C@H](O)CNc1cc(C(F)(F)F)ccc1Cl. The number of halogens is 4. The number of alkyl halides is 3. The molecule has 0 saturated heterocycles. The van der Waals surface area contributed by atoms with Crippen LogP contribution in [0.5, 0.6) is 0 Å². The second-order valence-corrected chi connectivity index (χ2v) is 3.83. The number of anilines is 1. The van der Waals surface area contributed by atoms with Gasteiger partial charge in [-0.1, -0.05) is 11.6 Å². The van der Waals surface area contributed by atoms with Gasteiger partial charge >= 0.3 is 6.18 Å². The number of hydrogen-bond acceptors (Lipinski definition) is 2. The van der Waals surface area contributed by atoms with E-state index in [-0.39, 0.29) is 17.3 Å². The Labute approximate surface area is 96.0 Å². The molecule has 0 bridgehead atoms. The Kier molecular flexibility index (Phi) is 4.04. The Balaban J connectivity index is 2.91. The van der Waals surface area contributed by atoms with Gasteiger partial charge in [0.15, 0.2) is 0 Å². The Morgan fingerprint density at radius 2 is 2.06 bits per heavy atom. The van der Waals surface area contributed by atoms with Crippen LogP contribution in [0.4, 0.5) is 18.9 Å². The van der Waals surface area contributed by atoms with Crippen molar-refractivity contribution in [2.45, 2.75) is 19.2 Å². The van der Waals surface area contributed by atoms with Crippen LogP contribution in [0.3, 0.4) is 0 Å². The smallest absolute Gasteiger partial charge is 0.392 e. The molecule has 0 spiro atoms. The summed E-state index contributed by atoms with van der Waals surface area (Å²) in [4.78, 5) is 0. The number of aliphatic hydroxyl groups is 1. The first-order valence-corrected chi connectivity index (χ1v) is 4.97. The van der Waals surface area contributed by atoms with E-state index in [0.717, 1.165) is 12.1 Å². The molecule has 1 rings (SSSR count). The molecule has 1 aromatic carbocycles. The minimum atomic E-state index is -4.40. The zero-order chi connectivity index (χ0) is 12.3. The fourth-order valence-corrected chi connectivity index (χ4v) is 1.28. The van der Waals surface area contributed by atoms with Crippen molar-refractivity contribution in [1.82, 2.24) is 0 Å². The standard InChI is InChI=1S/C10H11ClF3NO/c1-6(16)5-15-9-4-7(10(12,13)14)2-3-8(9)11/h2-4,6,15-16H,5H2,1H3/t6-/m0/s1. The molecule has 0 unspecified atom stereocenters. The maximum Gasteiger partial charge on any atom is 0.416 e. The van der Waals surface area contributed by atoms with Gasteiger partial charge in [0.1, 0.15) is 0 Å². The van der Waals surface area contributed by atoms with E-state index in [2.05, 4.69) is 5.32 Å². The average molecular weight is 254 g/mol. The molecule has 1 aromatic rings. The molecule has 6 heteroatoms. The van der Waals surface area contributed by atoms with Gasteiger partial charge < -0.3 is 10.4 Å². The number of benzene rings is 1. The van der Waals surface area contributed by atoms with Gasteiger partial charge in [0.05, 0.1) is 22.4 Å². The van der Waals surface area contributed by atoms with Crippen LogP contribution < -0.4 is 5.32 Å². The number of aliphatic hydroxyl groups excluding tert-OH is 1. The number of hydrogen-bond donors (Lipinski definition) is 2. The molecule has 2 nitrogen and oxygen atoms in total. The summed E-state index contributed by atoms with van der Waals surface area (Å²) < 4.78 is 37.1. The van der Waals surface area contributed by atoms with E-state index in [1.54, 1.807) is 0 Å². The van der Waals surface area contributed by atoms with Gasteiger partial charge in [-0.05, 0) is 25.1 Å². The molecule has 90 valence electrons. The van der Waals surface area contributed by atoms with Crippen LogP contribution in [0.1, 0.15) is 12.5 Å². The molecule has 2 N–H and O–H groups in total. The van der Waals surface area contributed by atoms with Gasteiger partial charge in [0, 0.05) is 6.54 Å². The van der Waals surface area contributed by atoms with Crippen molar-refractivity contribution < 1.29 is 18.3 Å². The highest BCUT2D eigenvalue weighted by Gasteiger charge is 2.30. The van der Waals surface area contributed by atoms with Gasteiger partial charge in [-0.2, -0.15) is 13.2 Å². The van der Waals surface area contributed by atoms with Crippen LogP contribution in [0, 0.1) is 0 Å². The summed E-state index contributed by atoms with van der Waals surface area (Å²) in [6.45, 7) is 1.66. The van der Waals surface area contributed by atoms with Gasteiger partial charge in [-0.15, -0.1) is 0 Å². The van der Waals surface area contributed by atoms with Crippen molar-refractivity contribution in [1.29, 1.82) is 0 Å². The van der Waals surface area contributed by atoms with Gasteiger partial charge in [-0.3, -0.25) is 0 Å². The van der Waals surface area contributed by atoms with Gasteiger partial charge in [-0.25, -0.2) is 0 Å². The van der Waals surface area contributed by atoms with E-state index < -0.39 is 17.8 Å². The predicted molar refractivity (Wildman–Crippen MR) is 56.6 cm³/mol. The normalized spacial score (nSPS) is 13.6. The molecule has 0 fully saturated rings. The van der Waals surface area contributed by atoms with E-state index in [1.165, 1.54) is 13.0 Å². The summed E-state index contributed by atoms with van der Waals surface area (Å²) in [6, 6.07) is 3.01. The third-order valence-electron chi connectivity index (χ3n) is 1.88. The lowest BCUT2D eigenvalue weighted by Gasteiger charge is -2.13. The minimum Gasteiger partial charge on any atom is -0.392 e. The molecule has 0 aromatic heterocycles. The van der Waals surface area contributed by atoms with Crippen LogP contribution in [0.15, 0.2) is 18.2 Å². The summed E-state index contributed by atoms with van der Waals surface area (Å²) in [7, 11) is 0. The Morgan fingerprint density at radius 1 is 1.44 bits per heavy atom. The molecule has 1 atom stereocenters. The molecule has 0 aliphatic rings. The van der Waals surface area contributed by atoms with Crippen molar-refractivity contribution >= 4 is 17.3 Å². The average Bonchev–Trinajstić information content (AvgIpc) is 2.14. The molecular weight excluding hydrogens is 243 g/mol. The van der Waals surface area contributed by atoms with Crippen molar-refractivity contribution in [2.75, 3.05) is 11.9 Å². The summed E-state index contributed by atoms with van der Waals surface area (Å²) in [5.74, 6) is 0. The second-order valence-electron chi connectivity index (χ2n) is 3.42. The van der Waals surface area contributed by atoms with E-state index in [4.69, 9.17) is 16.7 Å². The van der Waals surface area contributed by atoms with Gasteiger partial charge in [0.25, 0.3) is 0 Å². The summed E-state index contributed by atoms with van der Waals surface area (Å²) in [5, 5.41) is 11.8. The zero-order valence-corrected chi connectivity index (χ0v) is 9.23. The molecule has 0 saturated carbocycles. The summed E-state index contributed by atoms with van der Waals surface area (Å²) in [5.41, 5.74) is -0.609. The molecule has 0 aliphatic carbocycles. The van der Waals surface area contributed by atoms with E-state index in [1.807, 2.05) is 0 Å². The summed E-state index contributed by atoms with van der Waals surface area (Å²) in [6.07, 6.45) is -5.06. The van der Waals surface area contributed by atoms with Crippen LogP contribution >= 0.6 is 11.6 Å². The molecule has 0 radical (unpaired) electrons. The molecule has 0 aliphatic heterocycles. The van der Waals surface area contributed by atoms with Crippen LogP contribution in [0.25, 0.3) is 0 Å². The van der Waals surface area contributed by atoms with Crippen molar-refractivity contribution in [3.05, 3.63) is 28.8 Å². The highest BCUT2D eigenvalue weighted by molar-refractivity contribution is 6.33.